The Kier molecular flexibility index (Phi) is 4.34. The summed E-state index contributed by atoms with van der Waals surface area (Å²) in [5.74, 6) is 0.463. The molecule has 136 valence electrons. The predicted molar refractivity (Wildman–Crippen MR) is 107 cm³/mol. The number of nitrogens with zero attached hydrogens (tertiary/aromatic N) is 2. The van der Waals surface area contributed by atoms with Crippen molar-refractivity contribution in [2.75, 3.05) is 5.73 Å². The maximum Gasteiger partial charge on any atom is 0.227 e. The van der Waals surface area contributed by atoms with Crippen LogP contribution in [0.15, 0.2) is 47.0 Å². The van der Waals surface area contributed by atoms with Gasteiger partial charge in [0, 0.05) is 23.0 Å². The number of hydrogen-bond acceptors (Lipinski definition) is 5. The number of anilines is 1. The molecule has 0 spiro atoms. The minimum absolute atomic E-state index is 0.106. The maximum atomic E-state index is 9.36. The summed E-state index contributed by atoms with van der Waals surface area (Å²) in [6, 6.07) is 11.1. The summed E-state index contributed by atoms with van der Waals surface area (Å²) < 4.78 is 5.93. The van der Waals surface area contributed by atoms with E-state index in [1.807, 2.05) is 38.1 Å². The van der Waals surface area contributed by atoms with E-state index in [0.717, 1.165) is 33.6 Å². The van der Waals surface area contributed by atoms with Crippen molar-refractivity contribution in [3.8, 4) is 22.7 Å². The minimum atomic E-state index is -0.106. The van der Waals surface area contributed by atoms with Crippen LogP contribution in [0.25, 0.3) is 33.8 Å². The number of aliphatic hydroxyl groups excluding tert-OH is 1. The molecule has 4 aromatic rings. The second-order valence-corrected chi connectivity index (χ2v) is 6.86. The standard InChI is InChI=1S/C21H18ClN3O2/c1-11-14(4-3-5-17(11)23)19-12(2)15(6-7-24-19)21-25-18-9-13(10-26)8-16(22)20(18)27-21/h3-9,26H,10,23H2,1-2H3. The molecule has 2 aromatic heterocycles. The fourth-order valence-corrected chi connectivity index (χ4v) is 3.48. The number of rotatable bonds is 3. The van der Waals surface area contributed by atoms with Gasteiger partial charge in [-0.05, 0) is 54.8 Å². The van der Waals surface area contributed by atoms with Crippen molar-refractivity contribution in [2.45, 2.75) is 20.5 Å². The van der Waals surface area contributed by atoms with Crippen molar-refractivity contribution in [3.05, 3.63) is 64.3 Å². The zero-order chi connectivity index (χ0) is 19.1. The first kappa shape index (κ1) is 17.5. The van der Waals surface area contributed by atoms with Gasteiger partial charge in [-0.2, -0.15) is 0 Å². The highest BCUT2D eigenvalue weighted by molar-refractivity contribution is 6.34. The summed E-state index contributed by atoms with van der Waals surface area (Å²) in [6.07, 6.45) is 1.73. The van der Waals surface area contributed by atoms with Crippen LogP contribution < -0.4 is 5.73 Å². The number of oxazole rings is 1. The molecule has 3 N–H and O–H groups in total. The quantitative estimate of drug-likeness (QED) is 0.494. The van der Waals surface area contributed by atoms with Crippen LogP contribution in [0.4, 0.5) is 5.69 Å². The van der Waals surface area contributed by atoms with E-state index in [1.165, 1.54) is 0 Å². The Morgan fingerprint density at radius 3 is 2.70 bits per heavy atom. The highest BCUT2D eigenvalue weighted by atomic mass is 35.5. The number of halogens is 1. The average Bonchev–Trinajstić information content (AvgIpc) is 3.09. The van der Waals surface area contributed by atoms with E-state index >= 15 is 0 Å². The van der Waals surface area contributed by atoms with Crippen molar-refractivity contribution in [2.24, 2.45) is 0 Å². The van der Waals surface area contributed by atoms with Gasteiger partial charge in [-0.15, -0.1) is 0 Å². The van der Waals surface area contributed by atoms with Crippen LogP contribution in [-0.2, 0) is 6.61 Å². The topological polar surface area (TPSA) is 85.2 Å². The number of hydrogen-bond donors (Lipinski definition) is 2. The Labute approximate surface area is 161 Å². The Bertz CT molecular complexity index is 1170. The Morgan fingerprint density at radius 1 is 1.11 bits per heavy atom. The van der Waals surface area contributed by atoms with Crippen LogP contribution in [-0.4, -0.2) is 15.1 Å². The lowest BCUT2D eigenvalue weighted by Gasteiger charge is -2.12. The third-order valence-electron chi connectivity index (χ3n) is 4.75. The van der Waals surface area contributed by atoms with Gasteiger partial charge in [0.15, 0.2) is 5.58 Å². The van der Waals surface area contributed by atoms with E-state index in [2.05, 4.69) is 9.97 Å². The smallest absolute Gasteiger partial charge is 0.227 e. The number of nitrogen functional groups attached to an aromatic ring is 1. The van der Waals surface area contributed by atoms with Crippen LogP contribution in [0.1, 0.15) is 16.7 Å². The molecule has 0 fully saturated rings. The lowest BCUT2D eigenvalue weighted by atomic mass is 9.98. The van der Waals surface area contributed by atoms with E-state index in [4.69, 9.17) is 21.8 Å². The largest absolute Gasteiger partial charge is 0.434 e. The van der Waals surface area contributed by atoms with Crippen LogP contribution in [0.3, 0.4) is 0 Å². The minimum Gasteiger partial charge on any atom is -0.434 e. The lowest BCUT2D eigenvalue weighted by molar-refractivity contribution is 0.282. The Hall–Kier alpha value is -2.89. The van der Waals surface area contributed by atoms with E-state index in [1.54, 1.807) is 18.3 Å². The molecule has 2 aromatic carbocycles. The van der Waals surface area contributed by atoms with Gasteiger partial charge in [0.25, 0.3) is 0 Å². The molecule has 0 saturated heterocycles. The van der Waals surface area contributed by atoms with Gasteiger partial charge in [-0.3, -0.25) is 4.98 Å². The first-order valence-corrected chi connectivity index (χ1v) is 8.88. The van der Waals surface area contributed by atoms with Crippen LogP contribution in [0.2, 0.25) is 5.02 Å². The number of nitrogens with two attached hydrogens (primary N) is 1. The molecule has 0 aliphatic carbocycles. The molecule has 0 radical (unpaired) electrons. The van der Waals surface area contributed by atoms with Crippen molar-refractivity contribution in [1.29, 1.82) is 0 Å². The predicted octanol–water partition coefficient (Wildman–Crippen LogP) is 4.90. The molecule has 0 amide bonds. The lowest BCUT2D eigenvalue weighted by Crippen LogP contribution is -1.97. The third-order valence-corrected chi connectivity index (χ3v) is 5.03. The second-order valence-electron chi connectivity index (χ2n) is 6.45. The summed E-state index contributed by atoms with van der Waals surface area (Å²) in [7, 11) is 0. The Balaban J connectivity index is 1.90. The summed E-state index contributed by atoms with van der Waals surface area (Å²) in [5, 5.41) is 9.79. The fraction of sp³-hybridized carbons (Fsp3) is 0.143. The molecule has 0 unspecified atom stereocenters. The van der Waals surface area contributed by atoms with Crippen molar-refractivity contribution in [3.63, 3.8) is 0 Å². The van der Waals surface area contributed by atoms with Gasteiger partial charge in [0.1, 0.15) is 5.52 Å². The zero-order valence-electron chi connectivity index (χ0n) is 15.0. The van der Waals surface area contributed by atoms with E-state index in [9.17, 15) is 5.11 Å². The molecule has 5 nitrogen and oxygen atoms in total. The monoisotopic (exact) mass is 379 g/mol. The number of aromatic nitrogens is 2. The van der Waals surface area contributed by atoms with Crippen molar-refractivity contribution in [1.82, 2.24) is 9.97 Å². The van der Waals surface area contributed by atoms with E-state index in [0.29, 0.717) is 27.6 Å². The molecule has 2 heterocycles. The summed E-state index contributed by atoms with van der Waals surface area (Å²) in [5.41, 5.74) is 13.2. The summed E-state index contributed by atoms with van der Waals surface area (Å²) in [4.78, 5) is 9.12. The SMILES string of the molecule is Cc1c(N)cccc1-c1nccc(-c2nc3cc(CO)cc(Cl)c3o2)c1C. The van der Waals surface area contributed by atoms with Crippen LogP contribution in [0.5, 0.6) is 0 Å². The molecular formula is C21H18ClN3O2. The van der Waals surface area contributed by atoms with Gasteiger partial charge in [0.2, 0.25) is 5.89 Å². The van der Waals surface area contributed by atoms with Crippen LogP contribution >= 0.6 is 11.6 Å². The van der Waals surface area contributed by atoms with Crippen molar-refractivity contribution >= 4 is 28.4 Å². The van der Waals surface area contributed by atoms with Gasteiger partial charge < -0.3 is 15.3 Å². The highest BCUT2D eigenvalue weighted by Crippen LogP contribution is 2.35. The molecule has 4 rings (SSSR count). The molecule has 0 aliphatic rings. The molecule has 0 aliphatic heterocycles. The summed E-state index contributed by atoms with van der Waals surface area (Å²) in [6.45, 7) is 3.86. The van der Waals surface area contributed by atoms with E-state index < -0.39 is 0 Å². The van der Waals surface area contributed by atoms with Gasteiger partial charge in [-0.25, -0.2) is 4.98 Å². The fourth-order valence-electron chi connectivity index (χ4n) is 3.20. The van der Waals surface area contributed by atoms with Gasteiger partial charge >= 0.3 is 0 Å². The average molecular weight is 380 g/mol. The molecule has 6 heteroatoms. The number of fused-ring (bicyclic) bond motifs is 1. The first-order chi connectivity index (χ1) is 13.0. The first-order valence-electron chi connectivity index (χ1n) is 8.51. The molecule has 0 saturated carbocycles. The van der Waals surface area contributed by atoms with Crippen molar-refractivity contribution < 1.29 is 9.52 Å². The molecule has 0 bridgehead atoms. The van der Waals surface area contributed by atoms with Crippen LogP contribution in [0, 0.1) is 13.8 Å². The maximum absolute atomic E-state index is 9.36. The molecule has 0 atom stereocenters. The van der Waals surface area contributed by atoms with Gasteiger partial charge in [0.05, 0.1) is 17.3 Å². The normalized spacial score (nSPS) is 11.3. The second kappa shape index (κ2) is 6.68. The Morgan fingerprint density at radius 2 is 1.93 bits per heavy atom. The third kappa shape index (κ3) is 2.95. The highest BCUT2D eigenvalue weighted by Gasteiger charge is 2.17. The van der Waals surface area contributed by atoms with E-state index in [-0.39, 0.29) is 6.61 Å². The number of pyridine rings is 1. The molecule has 27 heavy (non-hydrogen) atoms. The molecular weight excluding hydrogens is 362 g/mol. The number of benzene rings is 2. The zero-order valence-corrected chi connectivity index (χ0v) is 15.7. The van der Waals surface area contributed by atoms with Gasteiger partial charge in [-0.1, -0.05) is 23.7 Å². The number of aliphatic hydroxyl groups is 1. The summed E-state index contributed by atoms with van der Waals surface area (Å²) >= 11 is 6.28.